The van der Waals surface area contributed by atoms with Crippen molar-refractivity contribution in [2.75, 3.05) is 5.84 Å². The van der Waals surface area contributed by atoms with Gasteiger partial charge in [0.2, 0.25) is 11.0 Å². The predicted octanol–water partition coefficient (Wildman–Crippen LogP) is 4.32. The number of hydrogen-bond donors (Lipinski definition) is 1. The number of rotatable bonds is 5. The zero-order valence-corrected chi connectivity index (χ0v) is 15.2. The van der Waals surface area contributed by atoms with Gasteiger partial charge in [-0.2, -0.15) is 0 Å². The molecule has 4 aromatic rings. The molecular weight excluding hydrogens is 378 g/mol. The monoisotopic (exact) mass is 389 g/mol. The summed E-state index contributed by atoms with van der Waals surface area (Å²) in [6.07, 6.45) is 1.57. The van der Waals surface area contributed by atoms with Crippen LogP contribution in [0.4, 0.5) is 0 Å². The van der Waals surface area contributed by atoms with E-state index in [-0.39, 0.29) is 0 Å². The number of benzene rings is 1. The fourth-order valence-electron chi connectivity index (χ4n) is 2.19. The predicted molar refractivity (Wildman–Crippen MR) is 100.0 cm³/mol. The lowest BCUT2D eigenvalue weighted by Crippen LogP contribution is -2.11. The summed E-state index contributed by atoms with van der Waals surface area (Å²) in [5.74, 6) is 7.78. The minimum atomic E-state index is 0.493. The summed E-state index contributed by atoms with van der Waals surface area (Å²) in [5, 5.41) is 12.5. The lowest BCUT2D eigenvalue weighted by molar-refractivity contribution is 0.574. The van der Waals surface area contributed by atoms with Crippen LogP contribution >= 0.6 is 34.7 Å². The summed E-state index contributed by atoms with van der Waals surface area (Å²) < 4.78 is 6.73. The van der Waals surface area contributed by atoms with Gasteiger partial charge in [0.1, 0.15) is 5.01 Å². The second kappa shape index (κ2) is 6.91. The molecule has 0 aliphatic heterocycles. The first kappa shape index (κ1) is 16.2. The molecule has 25 heavy (non-hydrogen) atoms. The van der Waals surface area contributed by atoms with Gasteiger partial charge in [0, 0.05) is 21.7 Å². The number of nitrogens with two attached hydrogens (primary N) is 1. The third-order valence-corrected chi connectivity index (χ3v) is 5.57. The summed E-state index contributed by atoms with van der Waals surface area (Å²) in [6, 6.07) is 11.2. The van der Waals surface area contributed by atoms with E-state index < -0.39 is 0 Å². The molecule has 2 N–H and O–H groups in total. The number of thiazole rings is 1. The highest BCUT2D eigenvalue weighted by molar-refractivity contribution is 7.98. The summed E-state index contributed by atoms with van der Waals surface area (Å²) in [7, 11) is 0. The van der Waals surface area contributed by atoms with Crippen LogP contribution < -0.4 is 5.84 Å². The van der Waals surface area contributed by atoms with Crippen LogP contribution in [0.5, 0.6) is 0 Å². The number of nitrogen functional groups attached to an aromatic ring is 1. The van der Waals surface area contributed by atoms with Gasteiger partial charge in [-0.1, -0.05) is 35.5 Å². The maximum absolute atomic E-state index is 6.05. The zero-order chi connectivity index (χ0) is 17.2. The van der Waals surface area contributed by atoms with Crippen LogP contribution in [-0.2, 0) is 5.75 Å². The molecule has 126 valence electrons. The summed E-state index contributed by atoms with van der Waals surface area (Å²) in [6.45, 7) is 0. The molecule has 0 radical (unpaired) electrons. The van der Waals surface area contributed by atoms with Crippen LogP contribution in [0.15, 0.2) is 57.6 Å². The van der Waals surface area contributed by atoms with Gasteiger partial charge in [-0.15, -0.1) is 21.5 Å². The van der Waals surface area contributed by atoms with Crippen LogP contribution in [0.3, 0.4) is 0 Å². The molecule has 4 rings (SSSR count). The molecule has 0 atom stereocenters. The molecule has 0 bridgehead atoms. The Morgan fingerprint density at radius 2 is 2.04 bits per heavy atom. The second-order valence-electron chi connectivity index (χ2n) is 5.09. The van der Waals surface area contributed by atoms with Crippen LogP contribution in [0.2, 0.25) is 5.02 Å². The normalized spacial score (nSPS) is 11.1. The molecule has 0 spiro atoms. The molecule has 0 unspecified atom stereocenters. The van der Waals surface area contributed by atoms with Crippen molar-refractivity contribution in [3.05, 3.63) is 58.8 Å². The summed E-state index contributed by atoms with van der Waals surface area (Å²) in [5.41, 5.74) is 2.01. The van der Waals surface area contributed by atoms with Crippen LogP contribution in [0, 0.1) is 0 Å². The van der Waals surface area contributed by atoms with Crippen molar-refractivity contribution < 1.29 is 4.42 Å². The quantitative estimate of drug-likeness (QED) is 0.404. The molecule has 3 heterocycles. The Kier molecular flexibility index (Phi) is 4.48. The highest BCUT2D eigenvalue weighted by atomic mass is 35.5. The van der Waals surface area contributed by atoms with Crippen molar-refractivity contribution in [3.63, 3.8) is 0 Å². The Hall–Kier alpha value is -2.29. The maximum Gasteiger partial charge on any atom is 0.218 e. The van der Waals surface area contributed by atoms with Crippen molar-refractivity contribution in [1.29, 1.82) is 0 Å². The van der Waals surface area contributed by atoms with E-state index in [2.05, 4.69) is 15.2 Å². The SMILES string of the molecule is Nn1c(SCc2csc(-c3ccc(Cl)cc3)n2)nnc1-c1ccco1. The van der Waals surface area contributed by atoms with E-state index in [9.17, 15) is 0 Å². The maximum atomic E-state index is 6.05. The average molecular weight is 390 g/mol. The first-order chi connectivity index (χ1) is 12.2. The largest absolute Gasteiger partial charge is 0.461 e. The Morgan fingerprint density at radius 3 is 2.80 bits per heavy atom. The highest BCUT2D eigenvalue weighted by Crippen LogP contribution is 2.29. The van der Waals surface area contributed by atoms with Crippen molar-refractivity contribution >= 4 is 34.7 Å². The van der Waals surface area contributed by atoms with E-state index in [0.717, 1.165) is 16.3 Å². The molecule has 0 fully saturated rings. The molecule has 0 amide bonds. The molecule has 1 aromatic carbocycles. The Labute approximate surface area is 156 Å². The third kappa shape index (κ3) is 3.41. The first-order valence-electron chi connectivity index (χ1n) is 7.28. The molecule has 6 nitrogen and oxygen atoms in total. The highest BCUT2D eigenvalue weighted by Gasteiger charge is 2.15. The Balaban J connectivity index is 1.46. The van der Waals surface area contributed by atoms with E-state index in [0.29, 0.717) is 27.5 Å². The van der Waals surface area contributed by atoms with Crippen molar-refractivity contribution in [1.82, 2.24) is 19.9 Å². The molecule has 0 aliphatic rings. The average Bonchev–Trinajstić information content (AvgIpc) is 3.34. The topological polar surface area (TPSA) is 82.8 Å². The van der Waals surface area contributed by atoms with E-state index in [1.54, 1.807) is 29.7 Å². The fourth-order valence-corrected chi connectivity index (χ4v) is 3.99. The lowest BCUT2D eigenvalue weighted by atomic mass is 10.2. The van der Waals surface area contributed by atoms with E-state index in [1.807, 2.05) is 29.6 Å². The van der Waals surface area contributed by atoms with Crippen molar-refractivity contribution in [2.45, 2.75) is 10.9 Å². The molecule has 0 aliphatic carbocycles. The van der Waals surface area contributed by atoms with Gasteiger partial charge in [-0.05, 0) is 24.3 Å². The lowest BCUT2D eigenvalue weighted by Gasteiger charge is -2.00. The van der Waals surface area contributed by atoms with Gasteiger partial charge in [0.15, 0.2) is 5.76 Å². The van der Waals surface area contributed by atoms with Crippen molar-refractivity contribution in [2.24, 2.45) is 0 Å². The number of hydrogen-bond acceptors (Lipinski definition) is 7. The molecule has 0 saturated heterocycles. The fraction of sp³-hybridized carbons (Fsp3) is 0.0625. The van der Waals surface area contributed by atoms with E-state index in [1.165, 1.54) is 16.4 Å². The Morgan fingerprint density at radius 1 is 1.20 bits per heavy atom. The van der Waals surface area contributed by atoms with Gasteiger partial charge in [-0.25, -0.2) is 9.66 Å². The van der Waals surface area contributed by atoms with Crippen molar-refractivity contribution in [3.8, 4) is 22.2 Å². The van der Waals surface area contributed by atoms with Crippen LogP contribution in [0.25, 0.3) is 22.2 Å². The van der Waals surface area contributed by atoms with E-state index >= 15 is 0 Å². The molecule has 3 aromatic heterocycles. The number of nitrogens with zero attached hydrogens (tertiary/aromatic N) is 4. The minimum absolute atomic E-state index is 0.493. The number of thioether (sulfide) groups is 1. The van der Waals surface area contributed by atoms with Crippen LogP contribution in [0.1, 0.15) is 5.69 Å². The molecule has 9 heteroatoms. The second-order valence-corrected chi connectivity index (χ2v) is 7.33. The summed E-state index contributed by atoms with van der Waals surface area (Å²) >= 11 is 8.99. The molecule has 0 saturated carbocycles. The van der Waals surface area contributed by atoms with E-state index in [4.69, 9.17) is 21.9 Å². The smallest absolute Gasteiger partial charge is 0.218 e. The first-order valence-corrected chi connectivity index (χ1v) is 9.52. The third-order valence-electron chi connectivity index (χ3n) is 3.40. The number of furan rings is 1. The van der Waals surface area contributed by atoms with Gasteiger partial charge >= 0.3 is 0 Å². The number of halogens is 1. The zero-order valence-electron chi connectivity index (χ0n) is 12.8. The summed E-state index contributed by atoms with van der Waals surface area (Å²) in [4.78, 5) is 4.65. The van der Waals surface area contributed by atoms with Gasteiger partial charge in [0.05, 0.1) is 12.0 Å². The number of aromatic nitrogens is 4. The van der Waals surface area contributed by atoms with Crippen LogP contribution in [-0.4, -0.2) is 19.9 Å². The minimum Gasteiger partial charge on any atom is -0.461 e. The molecular formula is C16H12ClN5OS2. The van der Waals surface area contributed by atoms with Gasteiger partial charge < -0.3 is 10.3 Å². The Bertz CT molecular complexity index is 979. The van der Waals surface area contributed by atoms with Gasteiger partial charge in [-0.3, -0.25) is 0 Å². The standard InChI is InChI=1S/C16H12ClN5OS2/c17-11-5-3-10(4-6-11)15-19-12(8-24-15)9-25-16-21-20-14(22(16)18)13-2-1-7-23-13/h1-8H,9,18H2. The van der Waals surface area contributed by atoms with Gasteiger partial charge in [0.25, 0.3) is 0 Å².